The maximum absolute atomic E-state index is 12.7. The summed E-state index contributed by atoms with van der Waals surface area (Å²) in [5.74, 6) is 1.95. The molecule has 0 atom stereocenters. The predicted octanol–water partition coefficient (Wildman–Crippen LogP) is 8.70. The van der Waals surface area contributed by atoms with Crippen molar-refractivity contribution in [2.45, 2.75) is 90.7 Å². The minimum atomic E-state index is -0.244. The Morgan fingerprint density at radius 2 is 1.95 bits per heavy atom. The molecule has 3 heterocycles. The molecular formula is C39H49N3O2. The highest BCUT2D eigenvalue weighted by Gasteiger charge is 2.37. The summed E-state index contributed by atoms with van der Waals surface area (Å²) in [5.41, 5.74) is 7.85. The molecule has 4 aliphatic rings. The zero-order chi connectivity index (χ0) is 30.5. The molecule has 1 aromatic heterocycles. The van der Waals surface area contributed by atoms with Gasteiger partial charge in [-0.3, -0.25) is 14.8 Å². The molecule has 2 aliphatic carbocycles. The predicted molar refractivity (Wildman–Crippen MR) is 180 cm³/mol. The number of allylic oxidation sites excluding steroid dienone is 4. The quantitative estimate of drug-likeness (QED) is 0.274. The fraction of sp³-hybridized carbons (Fsp3) is 0.513. The van der Waals surface area contributed by atoms with E-state index in [-0.39, 0.29) is 5.60 Å². The summed E-state index contributed by atoms with van der Waals surface area (Å²) in [6.07, 6.45) is 22.5. The Hall–Kier alpha value is -3.31. The summed E-state index contributed by atoms with van der Waals surface area (Å²) in [4.78, 5) is 24.8. The molecular weight excluding hydrogens is 542 g/mol. The molecule has 5 nitrogen and oxygen atoms in total. The lowest BCUT2D eigenvalue weighted by molar-refractivity contribution is -0.116. The molecule has 44 heavy (non-hydrogen) atoms. The van der Waals surface area contributed by atoms with Gasteiger partial charge in [0.2, 0.25) is 0 Å². The van der Waals surface area contributed by atoms with Gasteiger partial charge in [0.1, 0.15) is 0 Å². The number of hydrogen-bond donors (Lipinski definition) is 0. The second-order valence-electron chi connectivity index (χ2n) is 13.5. The zero-order valence-corrected chi connectivity index (χ0v) is 26.9. The number of fused-ring (bicyclic) bond motifs is 1. The molecule has 2 fully saturated rings. The first-order chi connectivity index (χ1) is 21.5. The maximum atomic E-state index is 12.7. The summed E-state index contributed by atoms with van der Waals surface area (Å²) in [7, 11) is 0. The van der Waals surface area contributed by atoms with Crippen LogP contribution in [0.5, 0.6) is 0 Å². The molecule has 0 amide bonds. The monoisotopic (exact) mass is 591 g/mol. The van der Waals surface area contributed by atoms with Crippen LogP contribution in [0, 0.1) is 17.8 Å². The maximum Gasteiger partial charge on any atom is 0.161 e. The van der Waals surface area contributed by atoms with Crippen molar-refractivity contribution < 1.29 is 9.53 Å². The van der Waals surface area contributed by atoms with Crippen LogP contribution < -0.4 is 0 Å². The number of carbonyl (C=O) groups excluding carboxylic acids is 1. The lowest BCUT2D eigenvalue weighted by Crippen LogP contribution is -2.34. The van der Waals surface area contributed by atoms with Crippen LogP contribution in [0.15, 0.2) is 71.4 Å². The summed E-state index contributed by atoms with van der Waals surface area (Å²) in [5, 5.41) is 0. The molecule has 0 unspecified atom stereocenters. The van der Waals surface area contributed by atoms with Gasteiger partial charge >= 0.3 is 0 Å². The van der Waals surface area contributed by atoms with Gasteiger partial charge in [-0.2, -0.15) is 0 Å². The summed E-state index contributed by atoms with van der Waals surface area (Å²) in [6.45, 7) is 9.84. The van der Waals surface area contributed by atoms with E-state index in [4.69, 9.17) is 9.72 Å². The van der Waals surface area contributed by atoms with Gasteiger partial charge in [0.05, 0.1) is 17.8 Å². The number of aromatic nitrogens is 1. The van der Waals surface area contributed by atoms with Crippen molar-refractivity contribution in [1.29, 1.82) is 0 Å². The second-order valence-corrected chi connectivity index (χ2v) is 13.5. The normalized spacial score (nSPS) is 25.5. The molecule has 6 rings (SSSR count). The van der Waals surface area contributed by atoms with Crippen molar-refractivity contribution in [3.63, 3.8) is 0 Å². The van der Waals surface area contributed by atoms with Crippen LogP contribution in [-0.4, -0.2) is 41.6 Å². The van der Waals surface area contributed by atoms with Crippen molar-refractivity contribution in [3.05, 3.63) is 83.1 Å². The first-order valence-electron chi connectivity index (χ1n) is 17.1. The van der Waals surface area contributed by atoms with E-state index < -0.39 is 0 Å². The van der Waals surface area contributed by atoms with Crippen LogP contribution in [0.1, 0.15) is 95.2 Å². The SMILES string of the molecule is CCOC1(c2ccc(-c3ccc4c(c3)C(N3CC/C=C(\C(=O)C5CC5)CCC3)=CC=NC4)nc2)CCC(/C=C/C(C)C)CC1. The number of aliphatic imine (C=N–C) groups is 1. The van der Waals surface area contributed by atoms with Gasteiger partial charge in [0.25, 0.3) is 0 Å². The van der Waals surface area contributed by atoms with Crippen molar-refractivity contribution in [2.24, 2.45) is 22.7 Å². The average molecular weight is 592 g/mol. The molecule has 2 saturated carbocycles. The zero-order valence-electron chi connectivity index (χ0n) is 26.9. The van der Waals surface area contributed by atoms with Gasteiger partial charge in [0, 0.05) is 60.4 Å². The van der Waals surface area contributed by atoms with Crippen molar-refractivity contribution in [3.8, 4) is 11.3 Å². The summed E-state index contributed by atoms with van der Waals surface area (Å²) >= 11 is 0. The molecule has 1 aromatic carbocycles. The van der Waals surface area contributed by atoms with Crippen LogP contribution in [0.3, 0.4) is 0 Å². The molecule has 5 heteroatoms. The molecule has 0 radical (unpaired) electrons. The first kappa shape index (κ1) is 30.7. The van der Waals surface area contributed by atoms with E-state index in [1.54, 1.807) is 0 Å². The minimum absolute atomic E-state index is 0.244. The van der Waals surface area contributed by atoms with Crippen molar-refractivity contribution in [1.82, 2.24) is 9.88 Å². The molecule has 2 aromatic rings. The van der Waals surface area contributed by atoms with Crippen LogP contribution >= 0.6 is 0 Å². The van der Waals surface area contributed by atoms with E-state index in [9.17, 15) is 4.79 Å². The Morgan fingerprint density at radius 3 is 2.68 bits per heavy atom. The molecule has 2 aliphatic heterocycles. The Labute approximate surface area is 264 Å². The van der Waals surface area contributed by atoms with E-state index in [1.807, 2.05) is 6.21 Å². The standard InChI is InChI=1S/C39H49N3O2/c1-4-44-39(20-17-29(18-21-39)10-9-28(2)3)34-15-16-36(41-27-34)32-13-14-33-26-40-22-19-37(35(33)25-32)42-23-5-7-30(8-6-24-42)38(43)31-11-12-31/h7,9-10,13-16,19,22,25,27-29,31H,4-6,8,11-12,17-18,20-21,23-24,26H2,1-3H3/b10-9+,30-7-. The lowest BCUT2D eigenvalue weighted by Gasteiger charge is -2.39. The molecule has 0 N–H and O–H groups in total. The summed E-state index contributed by atoms with van der Waals surface area (Å²) in [6, 6.07) is 11.1. The highest BCUT2D eigenvalue weighted by Crippen LogP contribution is 2.43. The Bertz CT molecular complexity index is 1440. The molecule has 0 saturated heterocycles. The Morgan fingerprint density at radius 1 is 1.11 bits per heavy atom. The number of nitrogens with zero attached hydrogens (tertiary/aromatic N) is 3. The third-order valence-electron chi connectivity index (χ3n) is 9.87. The molecule has 232 valence electrons. The van der Waals surface area contributed by atoms with Gasteiger partial charge in [-0.15, -0.1) is 0 Å². The molecule has 0 bridgehead atoms. The number of ketones is 1. The van der Waals surface area contributed by atoms with Gasteiger partial charge in [-0.1, -0.05) is 50.3 Å². The number of Topliss-reactive ketones (excluding diaryl/α,β-unsaturated/α-hetero) is 1. The highest BCUT2D eigenvalue weighted by atomic mass is 16.5. The van der Waals surface area contributed by atoms with Gasteiger partial charge < -0.3 is 9.64 Å². The largest absolute Gasteiger partial charge is 0.371 e. The average Bonchev–Trinajstić information content (AvgIpc) is 3.89. The fourth-order valence-electron chi connectivity index (χ4n) is 7.20. The fourth-order valence-corrected chi connectivity index (χ4v) is 7.20. The van der Waals surface area contributed by atoms with E-state index in [1.165, 1.54) is 22.4 Å². The van der Waals surface area contributed by atoms with Crippen LogP contribution in [-0.2, 0) is 21.7 Å². The van der Waals surface area contributed by atoms with E-state index >= 15 is 0 Å². The van der Waals surface area contributed by atoms with E-state index in [0.717, 1.165) is 87.7 Å². The number of benzene rings is 1. The van der Waals surface area contributed by atoms with Crippen LogP contribution in [0.25, 0.3) is 17.0 Å². The Kier molecular flexibility index (Phi) is 9.61. The second kappa shape index (κ2) is 13.8. The summed E-state index contributed by atoms with van der Waals surface area (Å²) < 4.78 is 6.49. The van der Waals surface area contributed by atoms with Crippen molar-refractivity contribution in [2.75, 3.05) is 19.7 Å². The van der Waals surface area contributed by atoms with Crippen LogP contribution in [0.4, 0.5) is 0 Å². The smallest absolute Gasteiger partial charge is 0.161 e. The van der Waals surface area contributed by atoms with E-state index in [2.05, 4.69) is 91.5 Å². The minimum Gasteiger partial charge on any atom is -0.371 e. The number of pyridine rings is 1. The number of ether oxygens (including phenoxy) is 1. The van der Waals surface area contributed by atoms with Gasteiger partial charge in [-0.05, 0) is 106 Å². The van der Waals surface area contributed by atoms with Gasteiger partial charge in [-0.25, -0.2) is 0 Å². The van der Waals surface area contributed by atoms with Gasteiger partial charge in [0.15, 0.2) is 5.78 Å². The third kappa shape index (κ3) is 6.99. The first-order valence-corrected chi connectivity index (χ1v) is 17.1. The number of hydrogen-bond acceptors (Lipinski definition) is 5. The van der Waals surface area contributed by atoms with Crippen LogP contribution in [0.2, 0.25) is 0 Å². The number of carbonyl (C=O) groups is 1. The third-order valence-corrected chi connectivity index (χ3v) is 9.87. The molecule has 0 spiro atoms. The van der Waals surface area contributed by atoms with E-state index in [0.29, 0.717) is 36.7 Å². The topological polar surface area (TPSA) is 54.8 Å². The van der Waals surface area contributed by atoms with Crippen molar-refractivity contribution >= 4 is 17.7 Å². The Balaban J connectivity index is 1.20. The number of rotatable bonds is 9. The highest BCUT2D eigenvalue weighted by molar-refractivity contribution is 5.98. The lowest BCUT2D eigenvalue weighted by atomic mass is 9.75.